The van der Waals surface area contributed by atoms with Crippen molar-refractivity contribution in [3.8, 4) is 0 Å². The molecular weight excluding hydrogens is 232 g/mol. The normalized spacial score (nSPS) is 11.6. The van der Waals surface area contributed by atoms with Crippen LogP contribution in [0.4, 0.5) is 11.6 Å². The molecule has 0 aliphatic heterocycles. The van der Waals surface area contributed by atoms with E-state index in [0.717, 1.165) is 6.20 Å². The average molecular weight is 242 g/mol. The largest absolute Gasteiger partial charge is 0.383 e. The number of nitrogens with one attached hydrogen (secondary N) is 3. The number of hydrogen-bond donors (Lipinski definition) is 4. The third-order valence-electron chi connectivity index (χ3n) is 1.99. The third kappa shape index (κ3) is 1.72. The van der Waals surface area contributed by atoms with Crippen molar-refractivity contribution in [1.29, 1.82) is 0 Å². The molecule has 2 heterocycles. The number of aryl methyl sites for hydroxylation is 1. The molecule has 9 heteroatoms. The van der Waals surface area contributed by atoms with E-state index in [1.54, 1.807) is 6.92 Å². The van der Waals surface area contributed by atoms with Gasteiger partial charge in [-0.05, 0) is 6.92 Å². The number of rotatable bonds is 3. The van der Waals surface area contributed by atoms with Gasteiger partial charge in [-0.3, -0.25) is 14.9 Å². The molecule has 8 nitrogen and oxygen atoms in total. The summed E-state index contributed by atoms with van der Waals surface area (Å²) in [7, 11) is -3.73. The van der Waals surface area contributed by atoms with Gasteiger partial charge in [0.2, 0.25) is 0 Å². The lowest BCUT2D eigenvalue weighted by Gasteiger charge is -2.04. The predicted molar refractivity (Wildman–Crippen MR) is 57.1 cm³/mol. The van der Waals surface area contributed by atoms with E-state index in [0.29, 0.717) is 11.4 Å². The fraction of sp³-hybridized carbons (Fsp3) is 0.143. The van der Waals surface area contributed by atoms with Crippen molar-refractivity contribution in [2.24, 2.45) is 0 Å². The number of anilines is 2. The van der Waals surface area contributed by atoms with Crippen LogP contribution in [0.2, 0.25) is 0 Å². The first-order chi connectivity index (χ1) is 7.50. The Morgan fingerprint density at radius 1 is 1.31 bits per heavy atom. The first kappa shape index (κ1) is 10.5. The molecule has 16 heavy (non-hydrogen) atoms. The highest BCUT2D eigenvalue weighted by Crippen LogP contribution is 2.19. The van der Waals surface area contributed by atoms with Crippen molar-refractivity contribution in [3.05, 3.63) is 18.0 Å². The Bertz CT molecular complexity index is 598. The number of hydrogen-bond acceptors (Lipinski definition) is 5. The van der Waals surface area contributed by atoms with Gasteiger partial charge >= 0.3 is 0 Å². The zero-order chi connectivity index (χ0) is 11.8. The Kier molecular flexibility index (Phi) is 2.31. The van der Waals surface area contributed by atoms with Gasteiger partial charge < -0.3 is 5.73 Å². The standard InChI is InChI=1S/C7H10N6O2S/c1-4-2-9-12-7(4)13-16(14,15)5-3-10-11-6(5)8/h2-3H,1H3,(H3,8,10,11)(H2,9,12,13). The van der Waals surface area contributed by atoms with Crippen molar-refractivity contribution >= 4 is 21.7 Å². The first-order valence-electron chi connectivity index (χ1n) is 4.32. The van der Waals surface area contributed by atoms with Gasteiger partial charge in [-0.15, -0.1) is 0 Å². The van der Waals surface area contributed by atoms with Gasteiger partial charge in [0, 0.05) is 5.56 Å². The minimum atomic E-state index is -3.73. The summed E-state index contributed by atoms with van der Waals surface area (Å²) in [4.78, 5) is -0.0958. The van der Waals surface area contributed by atoms with E-state index in [4.69, 9.17) is 5.73 Å². The number of aromatic nitrogens is 4. The Labute approximate surface area is 91.3 Å². The maximum Gasteiger partial charge on any atom is 0.268 e. The van der Waals surface area contributed by atoms with E-state index < -0.39 is 10.0 Å². The summed E-state index contributed by atoms with van der Waals surface area (Å²) >= 11 is 0. The van der Waals surface area contributed by atoms with Crippen LogP contribution in [0.15, 0.2) is 17.3 Å². The smallest absolute Gasteiger partial charge is 0.268 e. The van der Waals surface area contributed by atoms with Crippen LogP contribution < -0.4 is 10.5 Å². The van der Waals surface area contributed by atoms with Crippen LogP contribution in [0.5, 0.6) is 0 Å². The number of aromatic amines is 2. The SMILES string of the molecule is Cc1cn[nH]c1NS(=O)(=O)c1cn[nH]c1N. The van der Waals surface area contributed by atoms with Crippen molar-refractivity contribution in [1.82, 2.24) is 20.4 Å². The zero-order valence-electron chi connectivity index (χ0n) is 8.35. The summed E-state index contributed by atoms with van der Waals surface area (Å²) in [6.45, 7) is 1.72. The molecule has 0 unspecified atom stereocenters. The number of H-pyrrole nitrogens is 2. The quantitative estimate of drug-likeness (QED) is 0.593. The van der Waals surface area contributed by atoms with Crippen LogP contribution >= 0.6 is 0 Å². The van der Waals surface area contributed by atoms with Crippen LogP contribution in [0, 0.1) is 6.92 Å². The topological polar surface area (TPSA) is 130 Å². The van der Waals surface area contributed by atoms with Crippen molar-refractivity contribution < 1.29 is 8.42 Å². The van der Waals surface area contributed by atoms with Crippen LogP contribution in [-0.4, -0.2) is 28.8 Å². The van der Waals surface area contributed by atoms with Crippen molar-refractivity contribution in [2.45, 2.75) is 11.8 Å². The predicted octanol–water partition coefficient (Wildman–Crippen LogP) is -0.176. The molecule has 2 aromatic rings. The maximum atomic E-state index is 11.8. The van der Waals surface area contributed by atoms with Gasteiger partial charge in [0.1, 0.15) is 16.5 Å². The second kappa shape index (κ2) is 3.52. The fourth-order valence-corrected chi connectivity index (χ4v) is 2.25. The van der Waals surface area contributed by atoms with Gasteiger partial charge in [-0.1, -0.05) is 0 Å². The molecule has 0 saturated carbocycles. The molecule has 0 saturated heterocycles. The van der Waals surface area contributed by atoms with E-state index in [1.165, 1.54) is 6.20 Å². The molecule has 0 bridgehead atoms. The molecule has 0 aromatic carbocycles. The van der Waals surface area contributed by atoms with E-state index in [2.05, 4.69) is 25.1 Å². The molecule has 0 amide bonds. The molecule has 2 aromatic heterocycles. The molecule has 0 radical (unpaired) electrons. The highest BCUT2D eigenvalue weighted by molar-refractivity contribution is 7.92. The lowest BCUT2D eigenvalue weighted by molar-refractivity contribution is 0.601. The molecule has 2 rings (SSSR count). The van der Waals surface area contributed by atoms with E-state index in [-0.39, 0.29) is 10.7 Å². The van der Waals surface area contributed by atoms with Crippen LogP contribution in [0.1, 0.15) is 5.56 Å². The average Bonchev–Trinajstić information content (AvgIpc) is 2.76. The summed E-state index contributed by atoms with van der Waals surface area (Å²) in [5.41, 5.74) is 6.12. The number of nitrogens with zero attached hydrogens (tertiary/aromatic N) is 2. The Balaban J connectivity index is 2.36. The van der Waals surface area contributed by atoms with E-state index in [1.807, 2.05) is 0 Å². The highest BCUT2D eigenvalue weighted by atomic mass is 32.2. The van der Waals surface area contributed by atoms with E-state index in [9.17, 15) is 8.42 Å². The zero-order valence-corrected chi connectivity index (χ0v) is 9.17. The van der Waals surface area contributed by atoms with Crippen LogP contribution in [-0.2, 0) is 10.0 Å². The Morgan fingerprint density at radius 3 is 2.50 bits per heavy atom. The monoisotopic (exact) mass is 242 g/mol. The lowest BCUT2D eigenvalue weighted by atomic mass is 10.4. The molecule has 5 N–H and O–H groups in total. The summed E-state index contributed by atoms with van der Waals surface area (Å²) < 4.78 is 26.0. The summed E-state index contributed by atoms with van der Waals surface area (Å²) in [6, 6.07) is 0. The van der Waals surface area contributed by atoms with E-state index >= 15 is 0 Å². The van der Waals surface area contributed by atoms with Gasteiger partial charge in [0.25, 0.3) is 10.0 Å². The van der Waals surface area contributed by atoms with Gasteiger partial charge in [0.05, 0.1) is 12.4 Å². The molecular formula is C7H10N6O2S. The summed E-state index contributed by atoms with van der Waals surface area (Å²) in [6.07, 6.45) is 2.65. The highest BCUT2D eigenvalue weighted by Gasteiger charge is 2.20. The minimum Gasteiger partial charge on any atom is -0.383 e. The second-order valence-corrected chi connectivity index (χ2v) is 4.83. The van der Waals surface area contributed by atoms with Gasteiger partial charge in [0.15, 0.2) is 0 Å². The first-order valence-corrected chi connectivity index (χ1v) is 5.80. The summed E-state index contributed by atoms with van der Waals surface area (Å²) in [5.74, 6) is 0.297. The third-order valence-corrected chi connectivity index (χ3v) is 3.36. The molecule has 0 fully saturated rings. The van der Waals surface area contributed by atoms with Crippen molar-refractivity contribution in [3.63, 3.8) is 0 Å². The van der Waals surface area contributed by atoms with Gasteiger partial charge in [-0.25, -0.2) is 8.42 Å². The summed E-state index contributed by atoms with van der Waals surface area (Å²) in [5, 5.41) is 12.1. The van der Waals surface area contributed by atoms with Gasteiger partial charge in [-0.2, -0.15) is 10.2 Å². The number of nitrogen functional groups attached to an aromatic ring is 1. The maximum absolute atomic E-state index is 11.8. The lowest BCUT2D eigenvalue weighted by Crippen LogP contribution is -2.14. The minimum absolute atomic E-state index is 0.00957. The molecule has 0 atom stereocenters. The van der Waals surface area contributed by atoms with Crippen LogP contribution in [0.25, 0.3) is 0 Å². The number of sulfonamides is 1. The Hall–Kier alpha value is -2.03. The molecule has 0 spiro atoms. The van der Waals surface area contributed by atoms with Crippen LogP contribution in [0.3, 0.4) is 0 Å². The molecule has 86 valence electrons. The fourth-order valence-electron chi connectivity index (χ4n) is 1.14. The second-order valence-electron chi connectivity index (χ2n) is 3.18. The molecule has 0 aliphatic rings. The molecule has 0 aliphatic carbocycles. The van der Waals surface area contributed by atoms with Crippen molar-refractivity contribution in [2.75, 3.05) is 10.5 Å². The Morgan fingerprint density at radius 2 is 2.00 bits per heavy atom. The number of nitrogens with two attached hydrogens (primary N) is 1.